The van der Waals surface area contributed by atoms with Crippen molar-refractivity contribution < 1.29 is 9.53 Å². The molecule has 0 radical (unpaired) electrons. The second-order valence-electron chi connectivity index (χ2n) is 8.35. The summed E-state index contributed by atoms with van der Waals surface area (Å²) in [6.45, 7) is 1.99. The number of ether oxygens (including phenoxy) is 1. The molecule has 3 heterocycles. The number of amides is 1. The van der Waals surface area contributed by atoms with Crippen LogP contribution in [0.3, 0.4) is 0 Å². The lowest BCUT2D eigenvalue weighted by Gasteiger charge is -2.46. The highest BCUT2D eigenvalue weighted by Gasteiger charge is 2.43. The molecule has 1 spiro atoms. The summed E-state index contributed by atoms with van der Waals surface area (Å²) in [5.74, 6) is 0.734. The molecule has 0 saturated carbocycles. The Kier molecular flexibility index (Phi) is 4.88. The number of benzene rings is 2. The number of para-hydroxylation sites is 1. The Morgan fingerprint density at radius 1 is 1.17 bits per heavy atom. The number of piperidine rings is 1. The number of fused-ring (bicyclic) bond motifs is 2. The lowest BCUT2D eigenvalue weighted by atomic mass is 9.80. The second kappa shape index (κ2) is 7.56. The first-order valence-corrected chi connectivity index (χ1v) is 10.7. The van der Waals surface area contributed by atoms with E-state index >= 15 is 0 Å². The van der Waals surface area contributed by atoms with Crippen molar-refractivity contribution in [1.82, 2.24) is 15.2 Å². The van der Waals surface area contributed by atoms with Crippen molar-refractivity contribution in [3.63, 3.8) is 0 Å². The number of halogens is 1. The number of likely N-dealkylation sites (tertiary alicyclic amines) is 1. The summed E-state index contributed by atoms with van der Waals surface area (Å²) >= 11 is 6.31. The van der Waals surface area contributed by atoms with Crippen LogP contribution >= 0.6 is 11.6 Å². The first-order valence-electron chi connectivity index (χ1n) is 10.4. The highest BCUT2D eigenvalue weighted by atomic mass is 35.5. The number of nitrogens with zero attached hydrogens (tertiary/aromatic N) is 2. The smallest absolute Gasteiger partial charge is 0.253 e. The van der Waals surface area contributed by atoms with Crippen LogP contribution in [-0.2, 0) is 0 Å². The Hall–Kier alpha value is -2.63. The molecule has 2 aliphatic heterocycles. The van der Waals surface area contributed by atoms with E-state index < -0.39 is 0 Å². The van der Waals surface area contributed by atoms with Crippen LogP contribution < -0.4 is 10.1 Å². The average Bonchev–Trinajstić information content (AvgIpc) is 2.76. The Balaban J connectivity index is 1.48. The highest BCUT2D eigenvalue weighted by Crippen LogP contribution is 2.44. The van der Waals surface area contributed by atoms with Crippen LogP contribution in [0.4, 0.5) is 0 Å². The minimum Gasteiger partial charge on any atom is -0.487 e. The summed E-state index contributed by atoms with van der Waals surface area (Å²) in [5, 5.41) is 4.65. The van der Waals surface area contributed by atoms with Crippen molar-refractivity contribution in [1.29, 1.82) is 0 Å². The van der Waals surface area contributed by atoms with Gasteiger partial charge >= 0.3 is 0 Å². The van der Waals surface area contributed by atoms with E-state index in [1.54, 1.807) is 18.3 Å². The van der Waals surface area contributed by atoms with Crippen LogP contribution in [0.2, 0.25) is 5.02 Å². The molecular formula is C24H24ClN3O2. The number of rotatable bonds is 2. The van der Waals surface area contributed by atoms with Crippen molar-refractivity contribution in [3.05, 3.63) is 70.9 Å². The largest absolute Gasteiger partial charge is 0.487 e. The Morgan fingerprint density at radius 3 is 2.80 bits per heavy atom. The van der Waals surface area contributed by atoms with Gasteiger partial charge in [-0.2, -0.15) is 0 Å². The molecule has 1 N–H and O–H groups in total. The predicted octanol–water partition coefficient (Wildman–Crippen LogP) is 4.61. The topological polar surface area (TPSA) is 54.5 Å². The maximum Gasteiger partial charge on any atom is 0.253 e. The fourth-order valence-electron chi connectivity index (χ4n) is 4.64. The third kappa shape index (κ3) is 3.42. The van der Waals surface area contributed by atoms with Gasteiger partial charge in [0.05, 0.1) is 22.1 Å². The van der Waals surface area contributed by atoms with Gasteiger partial charge in [0.1, 0.15) is 11.4 Å². The van der Waals surface area contributed by atoms with Crippen LogP contribution in [0.1, 0.15) is 41.2 Å². The maximum absolute atomic E-state index is 13.3. The van der Waals surface area contributed by atoms with E-state index in [1.165, 1.54) is 0 Å². The zero-order valence-corrected chi connectivity index (χ0v) is 17.7. The number of hydrogen-bond acceptors (Lipinski definition) is 4. The molecule has 1 fully saturated rings. The standard InChI is InChI=1S/C24H24ClN3O2/c1-28-13-10-24(11-14-28)15-20(17-5-2-3-7-21(17)30-24)27-23(29)18-8-9-19(25)16-6-4-12-26-22(16)18/h2-9,12,20H,10-11,13-15H2,1H3,(H,27,29). The van der Waals surface area contributed by atoms with Crippen LogP contribution in [0.15, 0.2) is 54.7 Å². The van der Waals surface area contributed by atoms with Crippen LogP contribution in [0.25, 0.3) is 10.9 Å². The van der Waals surface area contributed by atoms with Crippen molar-refractivity contribution >= 4 is 28.4 Å². The minimum atomic E-state index is -0.237. The van der Waals surface area contributed by atoms with Crippen molar-refractivity contribution in [2.24, 2.45) is 0 Å². The van der Waals surface area contributed by atoms with Gasteiger partial charge in [0.25, 0.3) is 5.91 Å². The van der Waals surface area contributed by atoms with E-state index in [9.17, 15) is 4.79 Å². The quantitative estimate of drug-likeness (QED) is 0.656. The third-order valence-electron chi connectivity index (χ3n) is 6.36. The van der Waals surface area contributed by atoms with Crippen LogP contribution in [-0.4, -0.2) is 41.5 Å². The maximum atomic E-state index is 13.3. The molecule has 5 nitrogen and oxygen atoms in total. The summed E-state index contributed by atoms with van der Waals surface area (Å²) in [5.41, 5.74) is 1.95. The van der Waals surface area contributed by atoms with E-state index in [4.69, 9.17) is 16.3 Å². The van der Waals surface area contributed by atoms with Crippen molar-refractivity contribution in [2.45, 2.75) is 30.9 Å². The van der Waals surface area contributed by atoms with Gasteiger partial charge in [0.15, 0.2) is 0 Å². The van der Waals surface area contributed by atoms with Crippen LogP contribution in [0, 0.1) is 0 Å². The van der Waals surface area contributed by atoms with E-state index in [0.29, 0.717) is 16.1 Å². The van der Waals surface area contributed by atoms with Gasteiger partial charge in [-0.05, 0) is 50.2 Å². The Bertz CT molecular complexity index is 1110. The van der Waals surface area contributed by atoms with Crippen molar-refractivity contribution in [2.75, 3.05) is 20.1 Å². The molecule has 2 aromatic carbocycles. The zero-order chi connectivity index (χ0) is 20.7. The molecule has 2 aliphatic rings. The predicted molar refractivity (Wildman–Crippen MR) is 118 cm³/mol. The van der Waals surface area contributed by atoms with Gasteiger partial charge in [-0.3, -0.25) is 9.78 Å². The Labute approximate surface area is 181 Å². The Morgan fingerprint density at radius 2 is 1.97 bits per heavy atom. The number of nitrogens with one attached hydrogen (secondary N) is 1. The molecule has 6 heteroatoms. The lowest BCUT2D eigenvalue weighted by molar-refractivity contribution is -0.0195. The summed E-state index contributed by atoms with van der Waals surface area (Å²) in [7, 11) is 2.14. The fourth-order valence-corrected chi connectivity index (χ4v) is 4.85. The summed E-state index contributed by atoms with van der Waals surface area (Å²) in [6, 6.07) is 15.1. The molecule has 154 valence electrons. The van der Waals surface area contributed by atoms with Gasteiger partial charge < -0.3 is 15.0 Å². The summed E-state index contributed by atoms with van der Waals surface area (Å²) < 4.78 is 6.50. The van der Waals surface area contributed by atoms with E-state index in [1.807, 2.05) is 36.4 Å². The van der Waals surface area contributed by atoms with Crippen LogP contribution in [0.5, 0.6) is 5.75 Å². The lowest BCUT2D eigenvalue weighted by Crippen LogP contribution is -2.51. The second-order valence-corrected chi connectivity index (χ2v) is 8.76. The molecule has 1 atom stereocenters. The molecule has 1 unspecified atom stereocenters. The molecule has 30 heavy (non-hydrogen) atoms. The average molecular weight is 422 g/mol. The SMILES string of the molecule is CN1CCC2(CC1)CC(NC(=O)c1ccc(Cl)c3cccnc13)c1ccccc1O2. The molecule has 0 bridgehead atoms. The third-order valence-corrected chi connectivity index (χ3v) is 6.69. The zero-order valence-electron chi connectivity index (χ0n) is 16.9. The number of carbonyl (C=O) groups excluding carboxylic acids is 1. The number of pyridine rings is 1. The monoisotopic (exact) mass is 421 g/mol. The molecule has 3 aromatic rings. The van der Waals surface area contributed by atoms with Gasteiger partial charge in [0.2, 0.25) is 0 Å². The van der Waals surface area contributed by atoms with Gasteiger partial charge in [-0.1, -0.05) is 29.8 Å². The molecule has 1 aromatic heterocycles. The first kappa shape index (κ1) is 19.3. The van der Waals surface area contributed by atoms with E-state index in [2.05, 4.69) is 22.2 Å². The van der Waals surface area contributed by atoms with E-state index in [-0.39, 0.29) is 17.6 Å². The molecule has 1 saturated heterocycles. The normalized spacial score (nSPS) is 20.5. The molecular weight excluding hydrogens is 398 g/mol. The van der Waals surface area contributed by atoms with Gasteiger partial charge in [0, 0.05) is 36.7 Å². The highest BCUT2D eigenvalue weighted by molar-refractivity contribution is 6.36. The number of aromatic nitrogens is 1. The van der Waals surface area contributed by atoms with Crippen molar-refractivity contribution in [3.8, 4) is 5.75 Å². The fraction of sp³-hybridized carbons (Fsp3) is 0.333. The summed E-state index contributed by atoms with van der Waals surface area (Å²) in [6.07, 6.45) is 4.36. The molecule has 5 rings (SSSR count). The molecule has 1 amide bonds. The number of hydrogen-bond donors (Lipinski definition) is 1. The van der Waals surface area contributed by atoms with E-state index in [0.717, 1.165) is 49.1 Å². The summed E-state index contributed by atoms with van der Waals surface area (Å²) in [4.78, 5) is 20.1. The van der Waals surface area contributed by atoms with Gasteiger partial charge in [-0.25, -0.2) is 0 Å². The number of carbonyl (C=O) groups is 1. The van der Waals surface area contributed by atoms with Gasteiger partial charge in [-0.15, -0.1) is 0 Å². The minimum absolute atomic E-state index is 0.111. The first-order chi connectivity index (χ1) is 14.5. The molecule has 0 aliphatic carbocycles.